The summed E-state index contributed by atoms with van der Waals surface area (Å²) in [7, 11) is 3.53. The molecule has 0 radical (unpaired) electrons. The molecule has 2 amide bonds. The zero-order chi connectivity index (χ0) is 18.4. The predicted octanol–water partition coefficient (Wildman–Crippen LogP) is 1.32. The minimum absolute atomic E-state index is 0.00789. The normalized spacial score (nSPS) is 9.33. The van der Waals surface area contributed by atoms with Crippen molar-refractivity contribution in [1.82, 2.24) is 5.32 Å². The number of nitrogens with one attached hydrogen (secondary N) is 1. The standard InChI is InChI=1S/C14H18N2O4.C3H8O/c1-11-3-4-12(20-8-7-17)9-13(11)16(2)6-5-14(19)15-10-18;1-3-4-2/h3-4,7,9-10H,5-6,8H2,1-2H3,(H,15,18,19);3H2,1-2H3. The van der Waals surface area contributed by atoms with Crippen molar-refractivity contribution in [2.75, 3.05) is 38.8 Å². The average Bonchev–Trinajstić information content (AvgIpc) is 2.59. The van der Waals surface area contributed by atoms with Crippen molar-refractivity contribution in [3.63, 3.8) is 0 Å². The van der Waals surface area contributed by atoms with Crippen LogP contribution in [-0.2, 0) is 19.1 Å². The smallest absolute Gasteiger partial charge is 0.228 e. The van der Waals surface area contributed by atoms with Crippen LogP contribution in [0.4, 0.5) is 5.69 Å². The lowest BCUT2D eigenvalue weighted by Gasteiger charge is -2.21. The lowest BCUT2D eigenvalue weighted by molar-refractivity contribution is -0.125. The molecule has 1 rings (SSSR count). The van der Waals surface area contributed by atoms with Gasteiger partial charge in [0.05, 0.1) is 0 Å². The largest absolute Gasteiger partial charge is 0.486 e. The van der Waals surface area contributed by atoms with Crippen LogP contribution in [0.1, 0.15) is 18.9 Å². The van der Waals surface area contributed by atoms with Crippen LogP contribution < -0.4 is 15.0 Å². The van der Waals surface area contributed by atoms with Crippen LogP contribution in [0.15, 0.2) is 18.2 Å². The third-order valence-electron chi connectivity index (χ3n) is 3.09. The summed E-state index contributed by atoms with van der Waals surface area (Å²) in [5.41, 5.74) is 1.94. The Kier molecular flexibility index (Phi) is 11.8. The monoisotopic (exact) mass is 338 g/mol. The fourth-order valence-corrected chi connectivity index (χ4v) is 1.75. The summed E-state index contributed by atoms with van der Waals surface area (Å²) in [6.07, 6.45) is 1.28. The summed E-state index contributed by atoms with van der Waals surface area (Å²) in [4.78, 5) is 33.6. The van der Waals surface area contributed by atoms with E-state index in [0.717, 1.165) is 17.9 Å². The van der Waals surface area contributed by atoms with Gasteiger partial charge in [0, 0.05) is 45.5 Å². The molecule has 0 atom stereocenters. The molecule has 0 bridgehead atoms. The molecule has 7 nitrogen and oxygen atoms in total. The highest BCUT2D eigenvalue weighted by atomic mass is 16.5. The van der Waals surface area contributed by atoms with E-state index in [9.17, 15) is 14.4 Å². The Labute approximate surface area is 142 Å². The molecule has 0 spiro atoms. The fraction of sp³-hybridized carbons (Fsp3) is 0.471. The number of anilines is 1. The second-order valence-corrected chi connectivity index (χ2v) is 4.86. The molecular weight excluding hydrogens is 312 g/mol. The van der Waals surface area contributed by atoms with E-state index in [1.54, 1.807) is 13.2 Å². The molecular formula is C17H26N2O5. The first-order valence-electron chi connectivity index (χ1n) is 7.60. The van der Waals surface area contributed by atoms with E-state index in [1.165, 1.54) is 0 Å². The Morgan fingerprint density at radius 3 is 2.54 bits per heavy atom. The van der Waals surface area contributed by atoms with Crippen molar-refractivity contribution in [2.45, 2.75) is 20.3 Å². The van der Waals surface area contributed by atoms with E-state index in [2.05, 4.69) is 10.1 Å². The molecule has 1 aromatic rings. The Morgan fingerprint density at radius 1 is 1.33 bits per heavy atom. The average molecular weight is 338 g/mol. The summed E-state index contributed by atoms with van der Waals surface area (Å²) in [5, 5.41) is 2.10. The van der Waals surface area contributed by atoms with Gasteiger partial charge in [0.1, 0.15) is 12.4 Å². The van der Waals surface area contributed by atoms with Crippen LogP contribution in [0.2, 0.25) is 0 Å². The number of imide groups is 1. The molecule has 1 aromatic carbocycles. The Morgan fingerprint density at radius 2 is 2.00 bits per heavy atom. The third-order valence-corrected chi connectivity index (χ3v) is 3.09. The SMILES string of the molecule is CCOC.Cc1ccc(OCC=O)cc1N(C)CCC(=O)NC=O. The molecule has 7 heteroatoms. The topological polar surface area (TPSA) is 84.9 Å². The van der Waals surface area contributed by atoms with Crippen LogP contribution in [-0.4, -0.2) is 52.5 Å². The van der Waals surface area contributed by atoms with E-state index in [1.807, 2.05) is 37.9 Å². The summed E-state index contributed by atoms with van der Waals surface area (Å²) < 4.78 is 9.79. The maximum atomic E-state index is 11.2. The van der Waals surface area contributed by atoms with Gasteiger partial charge in [0.15, 0.2) is 6.29 Å². The van der Waals surface area contributed by atoms with Gasteiger partial charge in [-0.3, -0.25) is 19.7 Å². The number of aldehydes is 1. The number of aryl methyl sites for hydroxylation is 1. The van der Waals surface area contributed by atoms with E-state index in [-0.39, 0.29) is 18.9 Å². The molecule has 0 saturated carbocycles. The summed E-state index contributed by atoms with van der Waals surface area (Å²) in [6, 6.07) is 5.49. The van der Waals surface area contributed by atoms with Crippen LogP contribution in [0.3, 0.4) is 0 Å². The minimum atomic E-state index is -0.321. The first-order valence-corrected chi connectivity index (χ1v) is 7.60. The van der Waals surface area contributed by atoms with Crippen molar-refractivity contribution in [3.8, 4) is 5.75 Å². The first kappa shape index (κ1) is 21.6. The highest BCUT2D eigenvalue weighted by Crippen LogP contribution is 2.24. The van der Waals surface area contributed by atoms with Gasteiger partial charge in [0.25, 0.3) is 0 Å². The van der Waals surface area contributed by atoms with Gasteiger partial charge in [0.2, 0.25) is 12.3 Å². The van der Waals surface area contributed by atoms with Crippen molar-refractivity contribution in [3.05, 3.63) is 23.8 Å². The van der Waals surface area contributed by atoms with Crippen LogP contribution in [0, 0.1) is 6.92 Å². The van der Waals surface area contributed by atoms with Crippen LogP contribution in [0.5, 0.6) is 5.75 Å². The van der Waals surface area contributed by atoms with Gasteiger partial charge in [-0.2, -0.15) is 0 Å². The Bertz CT molecular complexity index is 518. The van der Waals surface area contributed by atoms with Crippen molar-refractivity contribution >= 4 is 24.3 Å². The summed E-state index contributed by atoms with van der Waals surface area (Å²) >= 11 is 0. The summed E-state index contributed by atoms with van der Waals surface area (Å²) in [5.74, 6) is 0.278. The highest BCUT2D eigenvalue weighted by Gasteiger charge is 2.09. The number of amides is 2. The molecule has 24 heavy (non-hydrogen) atoms. The van der Waals surface area contributed by atoms with Gasteiger partial charge in [-0.15, -0.1) is 0 Å². The number of methoxy groups -OCH3 is 1. The Hall–Kier alpha value is -2.41. The minimum Gasteiger partial charge on any atom is -0.486 e. The zero-order valence-corrected chi connectivity index (χ0v) is 14.7. The highest BCUT2D eigenvalue weighted by molar-refractivity contribution is 5.86. The molecule has 1 N–H and O–H groups in total. The zero-order valence-electron chi connectivity index (χ0n) is 14.7. The van der Waals surface area contributed by atoms with Crippen LogP contribution in [0.25, 0.3) is 0 Å². The van der Waals surface area contributed by atoms with E-state index < -0.39 is 0 Å². The quantitative estimate of drug-likeness (QED) is 0.684. The lowest BCUT2D eigenvalue weighted by Crippen LogP contribution is -2.28. The predicted molar refractivity (Wildman–Crippen MR) is 92.4 cm³/mol. The number of hydrogen-bond acceptors (Lipinski definition) is 6. The number of rotatable bonds is 9. The van der Waals surface area contributed by atoms with Crippen molar-refractivity contribution in [2.24, 2.45) is 0 Å². The maximum absolute atomic E-state index is 11.2. The van der Waals surface area contributed by atoms with Crippen molar-refractivity contribution < 1.29 is 23.9 Å². The van der Waals surface area contributed by atoms with E-state index in [0.29, 0.717) is 25.0 Å². The number of ether oxygens (including phenoxy) is 2. The Balaban J connectivity index is 0.00000118. The molecule has 0 fully saturated rings. The molecule has 0 aliphatic rings. The lowest BCUT2D eigenvalue weighted by atomic mass is 10.1. The van der Waals surface area contributed by atoms with Gasteiger partial charge < -0.3 is 14.4 Å². The molecule has 0 saturated heterocycles. The fourth-order valence-electron chi connectivity index (χ4n) is 1.75. The molecule has 0 aliphatic heterocycles. The van der Waals surface area contributed by atoms with Gasteiger partial charge in [-0.25, -0.2) is 0 Å². The number of carbonyl (C=O) groups excluding carboxylic acids is 3. The molecule has 0 aliphatic carbocycles. The second-order valence-electron chi connectivity index (χ2n) is 4.86. The van der Waals surface area contributed by atoms with Gasteiger partial charge in [-0.05, 0) is 25.5 Å². The van der Waals surface area contributed by atoms with Gasteiger partial charge in [-0.1, -0.05) is 6.07 Å². The van der Waals surface area contributed by atoms with E-state index in [4.69, 9.17) is 4.74 Å². The third kappa shape index (κ3) is 8.89. The number of carbonyl (C=O) groups is 3. The number of benzene rings is 1. The number of hydrogen-bond donors (Lipinski definition) is 1. The van der Waals surface area contributed by atoms with E-state index >= 15 is 0 Å². The molecule has 0 unspecified atom stereocenters. The second kappa shape index (κ2) is 13.1. The molecule has 0 heterocycles. The maximum Gasteiger partial charge on any atom is 0.228 e. The van der Waals surface area contributed by atoms with Crippen LogP contribution >= 0.6 is 0 Å². The molecule has 134 valence electrons. The van der Waals surface area contributed by atoms with Gasteiger partial charge >= 0.3 is 0 Å². The van der Waals surface area contributed by atoms with Crippen molar-refractivity contribution in [1.29, 1.82) is 0 Å². The number of nitrogens with zero attached hydrogens (tertiary/aromatic N) is 1. The summed E-state index contributed by atoms with van der Waals surface area (Å²) in [6.45, 7) is 5.20. The first-order chi connectivity index (χ1) is 11.5. The molecule has 0 aromatic heterocycles.